The molecule has 0 amide bonds. The molecule has 0 atom stereocenters. The smallest absolute Gasteiger partial charge is 0.248 e. The second-order valence-electron chi connectivity index (χ2n) is 23.5. The van der Waals surface area contributed by atoms with Crippen molar-refractivity contribution < 1.29 is 0 Å². The molecule has 3 aromatic heterocycles. The van der Waals surface area contributed by atoms with Crippen LogP contribution in [-0.2, 0) is 0 Å². The summed E-state index contributed by atoms with van der Waals surface area (Å²) in [4.78, 5) is 0. The number of rotatable bonds is 0. The van der Waals surface area contributed by atoms with Crippen molar-refractivity contribution in [1.29, 1.82) is 0 Å². The molecule has 0 bridgehead atoms. The maximum absolute atomic E-state index is 2.50. The summed E-state index contributed by atoms with van der Waals surface area (Å²) in [7, 11) is 0. The lowest BCUT2D eigenvalue weighted by atomic mass is 9.37. The summed E-state index contributed by atoms with van der Waals surface area (Å²) in [5.74, 6) is 0. The van der Waals surface area contributed by atoms with Crippen molar-refractivity contribution in [2.75, 3.05) is 0 Å². The molecule has 0 saturated carbocycles. The minimum Gasteiger partial charge on any atom is -0.310 e. The molecule has 372 valence electrons. The van der Waals surface area contributed by atoms with Gasteiger partial charge in [-0.15, -0.1) is 0 Å². The molecule has 0 fully saturated rings. The van der Waals surface area contributed by atoms with Crippen LogP contribution in [0.3, 0.4) is 0 Å². The predicted molar refractivity (Wildman–Crippen MR) is 347 cm³/mol. The van der Waals surface area contributed by atoms with Crippen molar-refractivity contribution >= 4 is 135 Å². The van der Waals surface area contributed by atoms with Gasteiger partial charge >= 0.3 is 0 Å². The van der Waals surface area contributed by atoms with Gasteiger partial charge in [-0.05, 0) is 123 Å². The third kappa shape index (κ3) is 5.53. The number of fused-ring (bicyclic) bond motifs is 24. The van der Waals surface area contributed by atoms with Gasteiger partial charge in [0, 0.05) is 65.9 Å². The van der Waals surface area contributed by atoms with Crippen LogP contribution in [-0.4, -0.2) is 33.8 Å². The van der Waals surface area contributed by atoms with Gasteiger partial charge in [0.2, 0.25) is 20.1 Å². The molecule has 9 heterocycles. The Morgan fingerprint density at radius 1 is 0.247 bits per heavy atom. The number of para-hydroxylation sites is 6. The van der Waals surface area contributed by atoms with Crippen molar-refractivity contribution in [1.82, 2.24) is 13.7 Å². The van der Waals surface area contributed by atoms with E-state index in [0.717, 1.165) is 0 Å². The largest absolute Gasteiger partial charge is 0.310 e. The van der Waals surface area contributed by atoms with E-state index in [1.807, 2.05) is 0 Å². The van der Waals surface area contributed by atoms with E-state index in [-0.39, 0.29) is 0 Å². The van der Waals surface area contributed by atoms with E-state index in [1.165, 1.54) is 182 Å². The van der Waals surface area contributed by atoms with Crippen LogP contribution >= 0.6 is 0 Å². The quantitative estimate of drug-likeness (QED) is 0.135. The van der Waals surface area contributed by atoms with Crippen LogP contribution in [0.1, 0.15) is 16.7 Å². The summed E-state index contributed by atoms with van der Waals surface area (Å²) in [5, 5.41) is 8.12. The molecule has 21 rings (SSSR count). The molecule has 15 aromatic rings. The molecular formula is C75H48B3N3. The Kier molecular flexibility index (Phi) is 8.58. The van der Waals surface area contributed by atoms with Gasteiger partial charge < -0.3 is 13.7 Å². The first-order chi connectivity index (χ1) is 40.0. The lowest BCUT2D eigenvalue weighted by Crippen LogP contribution is -2.53. The second kappa shape index (κ2) is 15.7. The van der Waals surface area contributed by atoms with Crippen molar-refractivity contribution in [2.24, 2.45) is 0 Å². The average molecular weight is 1020 g/mol. The summed E-state index contributed by atoms with van der Waals surface area (Å²) in [6.45, 7) is 7.67. The Bertz CT molecular complexity index is 5360. The highest BCUT2D eigenvalue weighted by molar-refractivity contribution is 7.03. The molecule has 6 aliphatic heterocycles. The minimum atomic E-state index is 0.339. The first-order valence-electron chi connectivity index (χ1n) is 28.8. The third-order valence-electron chi connectivity index (χ3n) is 19.5. The molecule has 0 N–H and O–H groups in total. The molecule has 12 aromatic carbocycles. The molecule has 0 saturated heterocycles. The Labute approximate surface area is 470 Å². The monoisotopic (exact) mass is 1020 g/mol. The van der Waals surface area contributed by atoms with Crippen LogP contribution in [0, 0.1) is 20.8 Å². The predicted octanol–water partition coefficient (Wildman–Crippen LogP) is 11.7. The van der Waals surface area contributed by atoms with Crippen LogP contribution < -0.4 is 49.2 Å². The molecule has 0 unspecified atom stereocenters. The number of nitrogens with zero attached hydrogens (tertiary/aromatic N) is 3. The Morgan fingerprint density at radius 3 is 1.16 bits per heavy atom. The van der Waals surface area contributed by atoms with Crippen LogP contribution in [0.4, 0.5) is 0 Å². The van der Waals surface area contributed by atoms with Gasteiger partial charge in [-0.25, -0.2) is 0 Å². The fourth-order valence-corrected chi connectivity index (χ4v) is 16.5. The third-order valence-corrected chi connectivity index (χ3v) is 19.5. The summed E-state index contributed by atoms with van der Waals surface area (Å²) < 4.78 is 7.48. The number of benzene rings is 12. The van der Waals surface area contributed by atoms with Crippen LogP contribution in [0.2, 0.25) is 0 Å². The van der Waals surface area contributed by atoms with Crippen molar-refractivity contribution in [2.45, 2.75) is 20.8 Å². The van der Waals surface area contributed by atoms with Crippen molar-refractivity contribution in [3.8, 4) is 50.4 Å². The zero-order valence-corrected chi connectivity index (χ0v) is 45.1. The molecule has 6 aliphatic rings. The minimum absolute atomic E-state index is 0.339. The normalized spacial score (nSPS) is 13.3. The van der Waals surface area contributed by atoms with E-state index in [2.05, 4.69) is 271 Å². The van der Waals surface area contributed by atoms with Crippen molar-refractivity contribution in [3.05, 3.63) is 253 Å². The average Bonchev–Trinajstić information content (AvgIpc) is 2.36. The van der Waals surface area contributed by atoms with Crippen LogP contribution in [0.25, 0.3) is 116 Å². The van der Waals surface area contributed by atoms with Gasteiger partial charge in [-0.3, -0.25) is 0 Å². The van der Waals surface area contributed by atoms with E-state index >= 15 is 0 Å². The van der Waals surface area contributed by atoms with Crippen LogP contribution in [0.5, 0.6) is 0 Å². The maximum Gasteiger partial charge on any atom is 0.248 e. The van der Waals surface area contributed by atoms with Gasteiger partial charge in [0.25, 0.3) is 0 Å². The fraction of sp³-hybridized carbons (Fsp3) is 0.0400. The van der Waals surface area contributed by atoms with Crippen LogP contribution in [0.15, 0.2) is 237 Å². The molecule has 81 heavy (non-hydrogen) atoms. The number of hydrogen-bond acceptors (Lipinski definition) is 0. The Hall–Kier alpha value is -9.77. The summed E-state index contributed by atoms with van der Waals surface area (Å²) in [6, 6.07) is 88.1. The second-order valence-corrected chi connectivity index (χ2v) is 23.5. The number of hydrogen-bond donors (Lipinski definition) is 0. The van der Waals surface area contributed by atoms with Gasteiger partial charge in [0.1, 0.15) is 0 Å². The Morgan fingerprint density at radius 2 is 0.630 bits per heavy atom. The van der Waals surface area contributed by atoms with E-state index in [4.69, 9.17) is 0 Å². The highest BCUT2D eigenvalue weighted by Crippen LogP contribution is 2.41. The molecule has 0 spiro atoms. The number of aromatic nitrogens is 3. The Balaban J connectivity index is 0.0000000907. The highest BCUT2D eigenvalue weighted by atomic mass is 15.0. The van der Waals surface area contributed by atoms with Gasteiger partial charge in [0.15, 0.2) is 0 Å². The highest BCUT2D eigenvalue weighted by Gasteiger charge is 2.44. The first kappa shape index (κ1) is 44.1. The SMILES string of the molecule is Cc1ccc2c(c1)-c1cccc3c1B2c1cccc2c4ccccc4n-3c12.Cc1ccc2c(c1)B1c3c-2cccc3-n2c3ccccc3c3cccc1c32.Cc1cccc2c1B1c3c-2cccc3-n2c3ccccc3c3cccc1c32. The summed E-state index contributed by atoms with van der Waals surface area (Å²) >= 11 is 0. The lowest BCUT2D eigenvalue weighted by molar-refractivity contribution is 1.19. The standard InChI is InChI=1S/3C25H16BN/c1-15-7-4-9-17-18-10-6-14-22-24(18)26(23(15)17)20-12-5-11-19-16-8-2-3-13-21(16)27(22)25(19)20;1-15-12-13-16-18-7-5-11-23-24(18)26(21(16)14-15)20-9-4-8-19-17-6-2-3-10-22(17)27(23)25(19)20;1-15-12-13-20-19(14-15)17-7-5-11-23-24(17)26(20)21-9-4-8-18-16-6-2-3-10-22(16)27(23)25(18)21/h3*2-14H,1H3. The summed E-state index contributed by atoms with van der Waals surface area (Å²) in [6.07, 6.45) is 0. The lowest BCUT2D eigenvalue weighted by Gasteiger charge is -2.25. The topological polar surface area (TPSA) is 14.8 Å². The van der Waals surface area contributed by atoms with Gasteiger partial charge in [0.05, 0.1) is 16.6 Å². The molecule has 3 nitrogen and oxygen atoms in total. The zero-order chi connectivity index (χ0) is 53.1. The number of aryl methyl sites for hydroxylation is 3. The molecule has 6 heteroatoms. The maximum atomic E-state index is 2.50. The fourth-order valence-electron chi connectivity index (χ4n) is 16.5. The van der Waals surface area contributed by atoms with Crippen molar-refractivity contribution in [3.63, 3.8) is 0 Å². The molecule has 0 radical (unpaired) electrons. The molecule has 0 aliphatic carbocycles. The van der Waals surface area contributed by atoms with E-state index in [9.17, 15) is 0 Å². The summed E-state index contributed by atoms with van der Waals surface area (Å²) in [5.41, 5.74) is 37.7. The molecular weight excluding hydrogens is 975 g/mol. The van der Waals surface area contributed by atoms with Gasteiger partial charge in [-0.2, -0.15) is 0 Å². The van der Waals surface area contributed by atoms with E-state index in [0.29, 0.717) is 20.1 Å². The van der Waals surface area contributed by atoms with E-state index < -0.39 is 0 Å². The first-order valence-corrected chi connectivity index (χ1v) is 28.8. The zero-order valence-electron chi connectivity index (χ0n) is 45.1. The van der Waals surface area contributed by atoms with E-state index in [1.54, 1.807) is 0 Å². The van der Waals surface area contributed by atoms with Gasteiger partial charge in [-0.1, -0.05) is 233 Å².